The van der Waals surface area contributed by atoms with Gasteiger partial charge in [0.2, 0.25) is 5.91 Å². The quantitative estimate of drug-likeness (QED) is 0.825. The van der Waals surface area contributed by atoms with Gasteiger partial charge < -0.3 is 15.0 Å². The number of carbonyl (C=O) groups is 1. The molecule has 2 aliphatic rings. The molecule has 1 atom stereocenters. The van der Waals surface area contributed by atoms with Gasteiger partial charge in [-0.15, -0.1) is 24.8 Å². The number of morpholine rings is 1. The number of nitrogens with zero attached hydrogens (tertiary/aromatic N) is 3. The summed E-state index contributed by atoms with van der Waals surface area (Å²) in [4.78, 5) is 14.1. The molecule has 0 radical (unpaired) electrons. The van der Waals surface area contributed by atoms with Crippen LogP contribution in [0.5, 0.6) is 0 Å². The predicted octanol–water partition coefficient (Wildman–Crippen LogP) is 1.26. The molecular weight excluding hydrogens is 339 g/mol. The van der Waals surface area contributed by atoms with Gasteiger partial charge in [-0.1, -0.05) is 0 Å². The van der Waals surface area contributed by atoms with Crippen molar-refractivity contribution in [2.45, 2.75) is 32.4 Å². The molecule has 23 heavy (non-hydrogen) atoms. The van der Waals surface area contributed by atoms with E-state index in [1.165, 1.54) is 12.8 Å². The van der Waals surface area contributed by atoms with Gasteiger partial charge in [-0.05, 0) is 37.8 Å². The molecule has 0 aromatic carbocycles. The highest BCUT2D eigenvalue weighted by Gasteiger charge is 2.25. The Balaban J connectivity index is 0.00000132. The summed E-state index contributed by atoms with van der Waals surface area (Å²) in [6, 6.07) is 0. The number of hydrogen-bond donors (Lipinski definition) is 1. The second kappa shape index (κ2) is 9.47. The summed E-state index contributed by atoms with van der Waals surface area (Å²) in [5.74, 6) is 0.985. The van der Waals surface area contributed by atoms with Gasteiger partial charge in [-0.2, -0.15) is 5.10 Å². The number of nitrogens with one attached hydrogen (secondary N) is 1. The lowest BCUT2D eigenvalue weighted by Gasteiger charge is -2.33. The maximum Gasteiger partial charge on any atom is 0.236 e. The van der Waals surface area contributed by atoms with Crippen molar-refractivity contribution in [2.75, 3.05) is 32.8 Å². The van der Waals surface area contributed by atoms with Crippen LogP contribution in [-0.2, 0) is 16.1 Å². The average Bonchev–Trinajstić information content (AvgIpc) is 3.21. The maximum atomic E-state index is 12.2. The lowest BCUT2D eigenvalue weighted by atomic mass is 10.2. The van der Waals surface area contributed by atoms with E-state index < -0.39 is 0 Å². The summed E-state index contributed by atoms with van der Waals surface area (Å²) in [6.07, 6.45) is 6.49. The van der Waals surface area contributed by atoms with Crippen LogP contribution in [0.3, 0.4) is 0 Å². The minimum atomic E-state index is 0. The second-order valence-corrected chi connectivity index (χ2v) is 6.15. The molecule has 1 N–H and O–H groups in total. The molecule has 1 aliphatic carbocycles. The topological polar surface area (TPSA) is 59.4 Å². The first-order valence-electron chi connectivity index (χ1n) is 7.80. The molecule has 132 valence electrons. The van der Waals surface area contributed by atoms with E-state index in [9.17, 15) is 4.79 Å². The van der Waals surface area contributed by atoms with E-state index in [2.05, 4.69) is 10.4 Å². The molecule has 3 rings (SSSR count). The fourth-order valence-corrected chi connectivity index (χ4v) is 2.65. The van der Waals surface area contributed by atoms with Crippen LogP contribution in [0, 0.1) is 12.8 Å². The van der Waals surface area contributed by atoms with Gasteiger partial charge >= 0.3 is 0 Å². The van der Waals surface area contributed by atoms with E-state index >= 15 is 0 Å². The molecule has 1 aliphatic heterocycles. The summed E-state index contributed by atoms with van der Waals surface area (Å²) < 4.78 is 7.64. The van der Waals surface area contributed by atoms with Crippen molar-refractivity contribution in [1.29, 1.82) is 0 Å². The van der Waals surface area contributed by atoms with Gasteiger partial charge in [-0.3, -0.25) is 9.48 Å². The van der Waals surface area contributed by atoms with Gasteiger partial charge in [0.05, 0.1) is 32.0 Å². The fraction of sp³-hybridized carbons (Fsp3) is 0.733. The SMILES string of the molecule is Cc1cnn(CC2CN(C(=O)CNCC3CC3)CCO2)c1.Cl.Cl. The van der Waals surface area contributed by atoms with E-state index in [1.54, 1.807) is 0 Å². The number of carbonyl (C=O) groups excluding carboxylic acids is 1. The number of aromatic nitrogens is 2. The van der Waals surface area contributed by atoms with E-state index in [0.29, 0.717) is 32.8 Å². The highest BCUT2D eigenvalue weighted by Crippen LogP contribution is 2.27. The number of halogens is 2. The molecule has 1 saturated carbocycles. The molecule has 1 aromatic rings. The van der Waals surface area contributed by atoms with E-state index in [1.807, 2.05) is 28.9 Å². The van der Waals surface area contributed by atoms with E-state index in [-0.39, 0.29) is 36.8 Å². The summed E-state index contributed by atoms with van der Waals surface area (Å²) >= 11 is 0. The van der Waals surface area contributed by atoms with E-state index in [0.717, 1.165) is 18.0 Å². The third kappa shape index (κ3) is 6.30. The van der Waals surface area contributed by atoms with Crippen LogP contribution in [0.2, 0.25) is 0 Å². The molecule has 2 fully saturated rings. The molecular formula is C15H26Cl2N4O2. The largest absolute Gasteiger partial charge is 0.373 e. The Labute approximate surface area is 149 Å². The van der Waals surface area contributed by atoms with Crippen molar-refractivity contribution < 1.29 is 9.53 Å². The first kappa shape index (κ1) is 20.2. The zero-order chi connectivity index (χ0) is 14.7. The van der Waals surface area contributed by atoms with Gasteiger partial charge in [-0.25, -0.2) is 0 Å². The van der Waals surface area contributed by atoms with Crippen LogP contribution >= 0.6 is 24.8 Å². The smallest absolute Gasteiger partial charge is 0.236 e. The van der Waals surface area contributed by atoms with Crippen LogP contribution in [0.4, 0.5) is 0 Å². The molecule has 1 amide bonds. The molecule has 1 saturated heterocycles. The maximum absolute atomic E-state index is 12.2. The first-order valence-corrected chi connectivity index (χ1v) is 7.80. The molecule has 0 bridgehead atoms. The Kier molecular flexibility index (Phi) is 8.33. The number of amides is 1. The fourth-order valence-electron chi connectivity index (χ4n) is 2.65. The average molecular weight is 365 g/mol. The predicted molar refractivity (Wildman–Crippen MR) is 93.4 cm³/mol. The molecule has 0 spiro atoms. The second-order valence-electron chi connectivity index (χ2n) is 6.15. The monoisotopic (exact) mass is 364 g/mol. The molecule has 2 heterocycles. The van der Waals surface area contributed by atoms with Crippen LogP contribution in [0.15, 0.2) is 12.4 Å². The molecule has 1 unspecified atom stereocenters. The van der Waals surface area contributed by atoms with Crippen LogP contribution in [0.1, 0.15) is 18.4 Å². The van der Waals surface area contributed by atoms with Crippen LogP contribution < -0.4 is 5.32 Å². The summed E-state index contributed by atoms with van der Waals surface area (Å²) in [5.41, 5.74) is 1.14. The van der Waals surface area contributed by atoms with Crippen molar-refractivity contribution in [2.24, 2.45) is 5.92 Å². The minimum absolute atomic E-state index is 0. The Morgan fingerprint density at radius 1 is 1.43 bits per heavy atom. The zero-order valence-electron chi connectivity index (χ0n) is 13.4. The molecule has 6 nitrogen and oxygen atoms in total. The van der Waals surface area contributed by atoms with Gasteiger partial charge in [0.1, 0.15) is 0 Å². The van der Waals surface area contributed by atoms with Gasteiger partial charge in [0, 0.05) is 19.3 Å². The lowest BCUT2D eigenvalue weighted by Crippen LogP contribution is -2.49. The number of hydrogen-bond acceptors (Lipinski definition) is 4. The number of ether oxygens (including phenoxy) is 1. The summed E-state index contributed by atoms with van der Waals surface area (Å²) in [6.45, 7) is 6.11. The first-order chi connectivity index (χ1) is 10.2. The summed E-state index contributed by atoms with van der Waals surface area (Å²) in [7, 11) is 0. The van der Waals surface area contributed by atoms with Crippen molar-refractivity contribution in [1.82, 2.24) is 20.0 Å². The zero-order valence-corrected chi connectivity index (χ0v) is 15.1. The Hall–Kier alpha value is -0.820. The van der Waals surface area contributed by atoms with Gasteiger partial charge in [0.25, 0.3) is 0 Å². The van der Waals surface area contributed by atoms with Crippen molar-refractivity contribution in [3.63, 3.8) is 0 Å². The van der Waals surface area contributed by atoms with Crippen LogP contribution in [-0.4, -0.2) is 59.5 Å². The number of aryl methyl sites for hydroxylation is 1. The molecule has 8 heteroatoms. The number of rotatable bonds is 6. The Morgan fingerprint density at radius 2 is 2.22 bits per heavy atom. The highest BCUT2D eigenvalue weighted by atomic mass is 35.5. The van der Waals surface area contributed by atoms with Gasteiger partial charge in [0.15, 0.2) is 0 Å². The third-order valence-electron chi connectivity index (χ3n) is 4.05. The highest BCUT2D eigenvalue weighted by molar-refractivity contribution is 5.85. The summed E-state index contributed by atoms with van der Waals surface area (Å²) in [5, 5.41) is 7.54. The Bertz CT molecular complexity index is 494. The third-order valence-corrected chi connectivity index (χ3v) is 4.05. The lowest BCUT2D eigenvalue weighted by molar-refractivity contribution is -0.138. The van der Waals surface area contributed by atoms with Crippen LogP contribution in [0.25, 0.3) is 0 Å². The molecule has 1 aromatic heterocycles. The van der Waals surface area contributed by atoms with Crippen molar-refractivity contribution >= 4 is 30.7 Å². The normalized spacial score (nSPS) is 20.6. The van der Waals surface area contributed by atoms with Crippen molar-refractivity contribution in [3.8, 4) is 0 Å². The standard InChI is InChI=1S/C15H24N4O2.2ClH/c1-12-6-17-19(9-12)11-14-10-18(4-5-21-14)15(20)8-16-7-13-2-3-13;;/h6,9,13-14,16H,2-5,7-8,10-11H2,1H3;2*1H. The Morgan fingerprint density at radius 3 is 2.87 bits per heavy atom. The minimum Gasteiger partial charge on any atom is -0.373 e. The van der Waals surface area contributed by atoms with E-state index in [4.69, 9.17) is 4.74 Å². The van der Waals surface area contributed by atoms with Crippen molar-refractivity contribution in [3.05, 3.63) is 18.0 Å².